The molecule has 0 aromatic heterocycles. The Hall–Kier alpha value is -2.57. The fourth-order valence-corrected chi connectivity index (χ4v) is 1.68. The Labute approximate surface area is 123 Å². The third-order valence-corrected chi connectivity index (χ3v) is 2.62. The molecule has 0 N–H and O–H groups in total. The van der Waals surface area contributed by atoms with Gasteiger partial charge in [-0.2, -0.15) is 0 Å². The zero-order valence-electron chi connectivity index (χ0n) is 11.1. The van der Waals surface area contributed by atoms with Gasteiger partial charge >= 0.3 is 6.36 Å². The number of ether oxygens (including phenoxy) is 2. The molecule has 0 unspecified atom stereocenters. The van der Waals surface area contributed by atoms with Crippen LogP contribution in [-0.2, 0) is 6.61 Å². The van der Waals surface area contributed by atoms with Crippen LogP contribution in [0.25, 0.3) is 0 Å². The minimum Gasteiger partial charge on any atom is -0.489 e. The van der Waals surface area contributed by atoms with Gasteiger partial charge in [-0.15, -0.1) is 13.2 Å². The van der Waals surface area contributed by atoms with Crippen LogP contribution in [0.4, 0.5) is 17.6 Å². The van der Waals surface area contributed by atoms with Gasteiger partial charge in [0, 0.05) is 5.56 Å². The first-order chi connectivity index (χ1) is 10.4. The van der Waals surface area contributed by atoms with Gasteiger partial charge in [0.2, 0.25) is 0 Å². The van der Waals surface area contributed by atoms with Gasteiger partial charge in [0.05, 0.1) is 0 Å². The summed E-state index contributed by atoms with van der Waals surface area (Å²) in [5.74, 6) is -1.67. The van der Waals surface area contributed by atoms with E-state index in [1.165, 1.54) is 12.1 Å². The maximum absolute atomic E-state index is 13.3. The Morgan fingerprint density at radius 2 is 1.86 bits per heavy atom. The molecule has 7 heteroatoms. The third kappa shape index (κ3) is 4.47. The first-order valence-corrected chi connectivity index (χ1v) is 6.09. The van der Waals surface area contributed by atoms with Crippen molar-refractivity contribution in [3.05, 3.63) is 59.4 Å². The molecule has 0 heterocycles. The predicted octanol–water partition coefficient (Wildman–Crippen LogP) is 4.12. The molecule has 0 saturated heterocycles. The van der Waals surface area contributed by atoms with Crippen molar-refractivity contribution in [1.82, 2.24) is 0 Å². The lowest BCUT2D eigenvalue weighted by Crippen LogP contribution is -2.18. The van der Waals surface area contributed by atoms with Crippen molar-refractivity contribution in [2.45, 2.75) is 13.0 Å². The van der Waals surface area contributed by atoms with Crippen LogP contribution < -0.4 is 9.47 Å². The number of aldehydes is 1. The number of hydrogen-bond donors (Lipinski definition) is 0. The molecule has 2 aromatic rings. The molecule has 0 aliphatic heterocycles. The number of alkyl halides is 3. The van der Waals surface area contributed by atoms with Crippen molar-refractivity contribution in [3.8, 4) is 11.5 Å². The average molecular weight is 314 g/mol. The van der Waals surface area contributed by atoms with Crippen LogP contribution in [-0.4, -0.2) is 12.6 Å². The van der Waals surface area contributed by atoms with E-state index < -0.39 is 17.9 Å². The highest BCUT2D eigenvalue weighted by molar-refractivity contribution is 5.75. The first-order valence-electron chi connectivity index (χ1n) is 6.09. The third-order valence-electron chi connectivity index (χ3n) is 2.62. The van der Waals surface area contributed by atoms with Crippen molar-refractivity contribution in [2.75, 3.05) is 0 Å². The lowest BCUT2D eigenvalue weighted by molar-refractivity contribution is -0.275. The van der Waals surface area contributed by atoms with Gasteiger partial charge in [-0.3, -0.25) is 4.79 Å². The van der Waals surface area contributed by atoms with E-state index in [-0.39, 0.29) is 12.2 Å². The maximum Gasteiger partial charge on any atom is 0.573 e. The van der Waals surface area contributed by atoms with Gasteiger partial charge in [-0.05, 0) is 29.8 Å². The molecule has 2 rings (SSSR count). The second-order valence-corrected chi connectivity index (χ2v) is 4.29. The van der Waals surface area contributed by atoms with Gasteiger partial charge in [-0.25, -0.2) is 4.39 Å². The molecular weight excluding hydrogens is 304 g/mol. The smallest absolute Gasteiger partial charge is 0.489 e. The van der Waals surface area contributed by atoms with Crippen molar-refractivity contribution in [1.29, 1.82) is 0 Å². The molecule has 116 valence electrons. The predicted molar refractivity (Wildman–Crippen MR) is 69.2 cm³/mol. The van der Waals surface area contributed by atoms with E-state index in [2.05, 4.69) is 4.74 Å². The summed E-state index contributed by atoms with van der Waals surface area (Å²) in [6.45, 7) is -0.100. The molecule has 0 aliphatic carbocycles. The molecule has 0 spiro atoms. The summed E-state index contributed by atoms with van der Waals surface area (Å²) in [6.07, 6.45) is -4.33. The van der Waals surface area contributed by atoms with E-state index in [1.54, 1.807) is 18.2 Å². The molecule has 0 fully saturated rings. The molecule has 0 radical (unpaired) electrons. The van der Waals surface area contributed by atoms with Crippen LogP contribution in [0.3, 0.4) is 0 Å². The van der Waals surface area contributed by atoms with Gasteiger partial charge < -0.3 is 9.47 Å². The summed E-state index contributed by atoms with van der Waals surface area (Å²) >= 11 is 0. The van der Waals surface area contributed by atoms with E-state index in [0.29, 0.717) is 17.6 Å². The Balaban J connectivity index is 2.09. The Morgan fingerprint density at radius 3 is 2.55 bits per heavy atom. The molecule has 0 aliphatic rings. The lowest BCUT2D eigenvalue weighted by Gasteiger charge is -2.12. The number of benzene rings is 2. The Kier molecular flexibility index (Phi) is 4.65. The van der Waals surface area contributed by atoms with Gasteiger partial charge in [0.15, 0.2) is 11.6 Å². The van der Waals surface area contributed by atoms with Crippen LogP contribution in [0, 0.1) is 5.82 Å². The zero-order chi connectivity index (χ0) is 16.2. The topological polar surface area (TPSA) is 35.5 Å². The van der Waals surface area contributed by atoms with Gasteiger partial charge in [-0.1, -0.05) is 18.2 Å². The molecule has 22 heavy (non-hydrogen) atoms. The molecule has 0 atom stereocenters. The minimum atomic E-state index is -4.97. The number of hydrogen-bond acceptors (Lipinski definition) is 3. The molecule has 0 bridgehead atoms. The van der Waals surface area contributed by atoms with E-state index in [1.807, 2.05) is 0 Å². The standard InChI is InChI=1S/C15H10F4O3/c16-13-5-4-11(7-14(13)22-15(17,18)19)9-21-12-3-1-2-10(6-12)8-20/h1-8H,9H2. The van der Waals surface area contributed by atoms with Crippen LogP contribution >= 0.6 is 0 Å². The summed E-state index contributed by atoms with van der Waals surface area (Å²) in [6, 6.07) is 9.29. The van der Waals surface area contributed by atoms with Crippen LogP contribution in [0.15, 0.2) is 42.5 Å². The maximum atomic E-state index is 13.3. The number of halogens is 4. The quantitative estimate of drug-likeness (QED) is 0.615. The summed E-state index contributed by atoms with van der Waals surface area (Å²) in [5, 5.41) is 0. The Morgan fingerprint density at radius 1 is 1.09 bits per heavy atom. The Bertz CT molecular complexity index is 668. The molecule has 0 amide bonds. The summed E-state index contributed by atoms with van der Waals surface area (Å²) in [7, 11) is 0. The van der Waals surface area contributed by atoms with E-state index in [0.717, 1.165) is 12.1 Å². The van der Waals surface area contributed by atoms with Gasteiger partial charge in [0.25, 0.3) is 0 Å². The fraction of sp³-hybridized carbons (Fsp3) is 0.133. The summed E-state index contributed by atoms with van der Waals surface area (Å²) in [5.41, 5.74) is 0.690. The molecule has 2 aromatic carbocycles. The lowest BCUT2D eigenvalue weighted by atomic mass is 10.2. The van der Waals surface area contributed by atoms with Crippen LogP contribution in [0.1, 0.15) is 15.9 Å². The highest BCUT2D eigenvalue weighted by Gasteiger charge is 2.32. The first kappa shape index (κ1) is 15.8. The summed E-state index contributed by atoms with van der Waals surface area (Å²) in [4.78, 5) is 10.6. The number of carbonyl (C=O) groups is 1. The van der Waals surface area contributed by atoms with Crippen molar-refractivity contribution in [3.63, 3.8) is 0 Å². The largest absolute Gasteiger partial charge is 0.573 e. The molecular formula is C15H10F4O3. The molecule has 3 nitrogen and oxygen atoms in total. The van der Waals surface area contributed by atoms with Crippen LogP contribution in [0.2, 0.25) is 0 Å². The average Bonchev–Trinajstić information content (AvgIpc) is 2.47. The summed E-state index contributed by atoms with van der Waals surface area (Å²) < 4.78 is 58.6. The minimum absolute atomic E-state index is 0.100. The fourth-order valence-electron chi connectivity index (χ4n) is 1.68. The number of carbonyl (C=O) groups excluding carboxylic acids is 1. The highest BCUT2D eigenvalue weighted by Crippen LogP contribution is 2.27. The number of rotatable bonds is 5. The highest BCUT2D eigenvalue weighted by atomic mass is 19.4. The second-order valence-electron chi connectivity index (χ2n) is 4.29. The normalized spacial score (nSPS) is 11.1. The monoisotopic (exact) mass is 314 g/mol. The van der Waals surface area contributed by atoms with Crippen molar-refractivity contribution in [2.24, 2.45) is 0 Å². The molecule has 0 saturated carbocycles. The van der Waals surface area contributed by atoms with E-state index in [9.17, 15) is 22.4 Å². The second kappa shape index (κ2) is 6.46. The van der Waals surface area contributed by atoms with Gasteiger partial charge in [0.1, 0.15) is 18.6 Å². The van der Waals surface area contributed by atoms with Crippen LogP contribution in [0.5, 0.6) is 11.5 Å². The SMILES string of the molecule is O=Cc1cccc(OCc2ccc(F)c(OC(F)(F)F)c2)c1. The van der Waals surface area contributed by atoms with E-state index in [4.69, 9.17) is 4.74 Å². The van der Waals surface area contributed by atoms with E-state index >= 15 is 0 Å². The van der Waals surface area contributed by atoms with Crippen molar-refractivity contribution >= 4 is 6.29 Å². The zero-order valence-corrected chi connectivity index (χ0v) is 11.1. The van der Waals surface area contributed by atoms with Crippen molar-refractivity contribution < 1.29 is 31.8 Å².